The van der Waals surface area contributed by atoms with Crippen LogP contribution in [0.4, 0.5) is 18.9 Å². The van der Waals surface area contributed by atoms with Gasteiger partial charge in [0.05, 0.1) is 12.0 Å². The van der Waals surface area contributed by atoms with Crippen LogP contribution in [0, 0.1) is 11.3 Å². The molecule has 1 atom stereocenters. The molecule has 0 aliphatic rings. The molecule has 1 aromatic carbocycles. The molecule has 0 amide bonds. The SMILES string of the molecule is COc1ccc(N[C@](C#N)(c2cccs2)C(F)(F)F)cc1. The fraction of sp³-hybridized carbons (Fsp3) is 0.214. The predicted molar refractivity (Wildman–Crippen MR) is 74.3 cm³/mol. The highest BCUT2D eigenvalue weighted by Gasteiger charge is 2.58. The number of nitrogens with zero attached hydrogens (tertiary/aromatic N) is 1. The van der Waals surface area contributed by atoms with Gasteiger partial charge in [0.2, 0.25) is 0 Å². The molecule has 0 fully saturated rings. The highest BCUT2D eigenvalue weighted by Crippen LogP contribution is 2.43. The number of anilines is 1. The minimum absolute atomic E-state index is 0.103. The van der Waals surface area contributed by atoms with Crippen molar-refractivity contribution in [3.05, 3.63) is 46.7 Å². The molecule has 21 heavy (non-hydrogen) atoms. The number of alkyl halides is 3. The summed E-state index contributed by atoms with van der Waals surface area (Å²) < 4.78 is 45.4. The molecule has 1 N–H and O–H groups in total. The van der Waals surface area contributed by atoms with Crippen LogP contribution in [0.2, 0.25) is 0 Å². The summed E-state index contributed by atoms with van der Waals surface area (Å²) in [4.78, 5) is -0.103. The lowest BCUT2D eigenvalue weighted by atomic mass is 9.98. The molecule has 0 saturated heterocycles. The molecule has 2 aromatic rings. The molecule has 110 valence electrons. The van der Waals surface area contributed by atoms with E-state index in [0.717, 1.165) is 11.3 Å². The highest BCUT2D eigenvalue weighted by molar-refractivity contribution is 7.10. The maximum atomic E-state index is 13.5. The largest absolute Gasteiger partial charge is 0.497 e. The van der Waals surface area contributed by atoms with Crippen LogP contribution in [0.15, 0.2) is 41.8 Å². The number of hydrogen-bond acceptors (Lipinski definition) is 4. The van der Waals surface area contributed by atoms with Gasteiger partial charge < -0.3 is 10.1 Å². The molecular weight excluding hydrogens is 301 g/mol. The average molecular weight is 312 g/mol. The van der Waals surface area contributed by atoms with Gasteiger partial charge in [-0.25, -0.2) is 0 Å². The molecule has 3 nitrogen and oxygen atoms in total. The summed E-state index contributed by atoms with van der Waals surface area (Å²) >= 11 is 0.879. The molecular formula is C14H11F3N2OS. The first kappa shape index (κ1) is 15.2. The summed E-state index contributed by atoms with van der Waals surface area (Å²) in [5, 5.41) is 13.0. The van der Waals surface area contributed by atoms with Gasteiger partial charge in [-0.2, -0.15) is 18.4 Å². The fourth-order valence-electron chi connectivity index (χ4n) is 1.80. The number of thiophene rings is 1. The van der Waals surface area contributed by atoms with E-state index in [2.05, 4.69) is 5.32 Å². The van der Waals surface area contributed by atoms with Crippen molar-refractivity contribution >= 4 is 17.0 Å². The number of hydrogen-bond donors (Lipinski definition) is 1. The van der Waals surface area contributed by atoms with Gasteiger partial charge >= 0.3 is 6.18 Å². The van der Waals surface area contributed by atoms with E-state index in [1.54, 1.807) is 0 Å². The molecule has 2 rings (SSSR count). The van der Waals surface area contributed by atoms with Crippen molar-refractivity contribution in [3.63, 3.8) is 0 Å². The maximum absolute atomic E-state index is 13.5. The Morgan fingerprint density at radius 1 is 1.19 bits per heavy atom. The number of halogens is 3. The second-order valence-electron chi connectivity index (χ2n) is 4.19. The predicted octanol–water partition coefficient (Wildman–Crippen LogP) is 4.15. The fourth-order valence-corrected chi connectivity index (χ4v) is 2.65. The summed E-state index contributed by atoms with van der Waals surface area (Å²) in [5.41, 5.74) is -2.58. The molecule has 0 aliphatic carbocycles. The van der Waals surface area contributed by atoms with Crippen molar-refractivity contribution in [2.45, 2.75) is 11.7 Å². The van der Waals surface area contributed by atoms with Crippen LogP contribution < -0.4 is 10.1 Å². The summed E-state index contributed by atoms with van der Waals surface area (Å²) in [6.45, 7) is 0. The van der Waals surface area contributed by atoms with Crippen molar-refractivity contribution in [1.82, 2.24) is 0 Å². The van der Waals surface area contributed by atoms with Gasteiger partial charge in [0.1, 0.15) is 11.8 Å². The Bertz CT molecular complexity index is 632. The number of nitriles is 1. The Morgan fingerprint density at radius 3 is 2.29 bits per heavy atom. The van der Waals surface area contributed by atoms with Gasteiger partial charge in [0.15, 0.2) is 0 Å². The third-order valence-electron chi connectivity index (χ3n) is 2.91. The van der Waals surface area contributed by atoms with E-state index < -0.39 is 11.7 Å². The first-order valence-corrected chi connectivity index (χ1v) is 6.75. The number of nitrogens with one attached hydrogen (secondary N) is 1. The third-order valence-corrected chi connectivity index (χ3v) is 3.89. The smallest absolute Gasteiger partial charge is 0.430 e. The van der Waals surface area contributed by atoms with Crippen molar-refractivity contribution in [1.29, 1.82) is 5.26 Å². The second kappa shape index (κ2) is 5.66. The number of rotatable bonds is 4. The van der Waals surface area contributed by atoms with Crippen molar-refractivity contribution < 1.29 is 17.9 Å². The monoisotopic (exact) mass is 312 g/mol. The second-order valence-corrected chi connectivity index (χ2v) is 5.14. The van der Waals surface area contributed by atoms with Crippen LogP contribution in [0.3, 0.4) is 0 Å². The highest BCUT2D eigenvalue weighted by atomic mass is 32.1. The van der Waals surface area contributed by atoms with E-state index in [1.165, 1.54) is 55.0 Å². The summed E-state index contributed by atoms with van der Waals surface area (Å²) in [6, 6.07) is 10.1. The molecule has 0 spiro atoms. The quantitative estimate of drug-likeness (QED) is 0.922. The van der Waals surface area contributed by atoms with Crippen molar-refractivity contribution in [3.8, 4) is 11.8 Å². The Hall–Kier alpha value is -2.20. The Kier molecular flexibility index (Phi) is 4.09. The third kappa shape index (κ3) is 2.81. The summed E-state index contributed by atoms with van der Waals surface area (Å²) in [6.07, 6.45) is -4.76. The molecule has 0 unspecified atom stereocenters. The van der Waals surface area contributed by atoms with Crippen LogP contribution >= 0.6 is 11.3 Å². The maximum Gasteiger partial charge on any atom is 0.430 e. The topological polar surface area (TPSA) is 45.0 Å². The van der Waals surface area contributed by atoms with Gasteiger partial charge in [0.25, 0.3) is 5.54 Å². The van der Waals surface area contributed by atoms with E-state index >= 15 is 0 Å². The Balaban J connectivity index is 2.43. The number of ether oxygens (including phenoxy) is 1. The van der Waals surface area contributed by atoms with Crippen LogP contribution in [-0.4, -0.2) is 13.3 Å². The number of benzene rings is 1. The molecule has 1 heterocycles. The molecule has 0 saturated carbocycles. The molecule has 0 bridgehead atoms. The van der Waals surface area contributed by atoms with Crippen molar-refractivity contribution in [2.24, 2.45) is 0 Å². The van der Waals surface area contributed by atoms with Gasteiger partial charge in [-0.1, -0.05) is 6.07 Å². The zero-order chi connectivity index (χ0) is 15.5. The lowest BCUT2D eigenvalue weighted by molar-refractivity contribution is -0.164. The summed E-state index contributed by atoms with van der Waals surface area (Å²) in [5.74, 6) is 0.520. The standard InChI is InChI=1S/C14H11F3N2OS/c1-20-11-6-4-10(5-7-11)19-13(9-18,14(15,16)17)12-3-2-8-21-12/h2-8,19H,1H3/t13-/m1/s1. The lowest BCUT2D eigenvalue weighted by Gasteiger charge is -2.30. The average Bonchev–Trinajstić information content (AvgIpc) is 2.98. The Morgan fingerprint density at radius 2 is 1.86 bits per heavy atom. The van der Waals surface area contributed by atoms with Gasteiger partial charge in [-0.15, -0.1) is 11.3 Å². The van der Waals surface area contributed by atoms with Crippen LogP contribution in [0.5, 0.6) is 5.75 Å². The van der Waals surface area contributed by atoms with Crippen LogP contribution in [0.25, 0.3) is 0 Å². The summed E-state index contributed by atoms with van der Waals surface area (Å²) in [7, 11) is 1.46. The lowest BCUT2D eigenvalue weighted by Crippen LogP contribution is -2.47. The van der Waals surface area contributed by atoms with Gasteiger partial charge in [-0.05, 0) is 35.7 Å². The van der Waals surface area contributed by atoms with E-state index in [1.807, 2.05) is 0 Å². The van der Waals surface area contributed by atoms with Gasteiger partial charge in [-0.3, -0.25) is 0 Å². The zero-order valence-corrected chi connectivity index (χ0v) is 11.8. The van der Waals surface area contributed by atoms with E-state index in [4.69, 9.17) is 4.74 Å². The Labute approximate surface area is 123 Å². The molecule has 0 aliphatic heterocycles. The van der Waals surface area contributed by atoms with Crippen LogP contribution in [0.1, 0.15) is 4.88 Å². The van der Waals surface area contributed by atoms with E-state index in [0.29, 0.717) is 5.75 Å². The van der Waals surface area contributed by atoms with Crippen LogP contribution in [-0.2, 0) is 5.54 Å². The van der Waals surface area contributed by atoms with E-state index in [9.17, 15) is 18.4 Å². The minimum Gasteiger partial charge on any atom is -0.497 e. The molecule has 1 aromatic heterocycles. The normalized spacial score (nSPS) is 14.0. The first-order valence-electron chi connectivity index (χ1n) is 5.87. The minimum atomic E-state index is -4.76. The van der Waals surface area contributed by atoms with E-state index in [-0.39, 0.29) is 10.6 Å². The molecule has 7 heteroatoms. The zero-order valence-electron chi connectivity index (χ0n) is 10.9. The van der Waals surface area contributed by atoms with Gasteiger partial charge in [0, 0.05) is 5.69 Å². The number of methoxy groups -OCH3 is 1. The van der Waals surface area contributed by atoms with Crippen molar-refractivity contribution in [2.75, 3.05) is 12.4 Å². The first-order chi connectivity index (χ1) is 9.93. The molecule has 0 radical (unpaired) electrons.